The number of nitro groups is 1. The number of benzene rings is 2. The van der Waals surface area contributed by atoms with E-state index in [0.717, 1.165) is 4.47 Å². The summed E-state index contributed by atoms with van der Waals surface area (Å²) in [5.74, 6) is -0.387. The molecule has 6 nitrogen and oxygen atoms in total. The van der Waals surface area contributed by atoms with Gasteiger partial charge in [-0.15, -0.1) is 0 Å². The van der Waals surface area contributed by atoms with E-state index in [1.54, 1.807) is 24.3 Å². The van der Waals surface area contributed by atoms with Crippen molar-refractivity contribution < 1.29 is 14.1 Å². The lowest BCUT2D eigenvalue weighted by molar-refractivity contribution is -0.384. The number of hydrogen-bond donors (Lipinski definition) is 1. The van der Waals surface area contributed by atoms with Crippen LogP contribution < -0.4 is 5.32 Å². The normalized spacial score (nSPS) is 10.6. The van der Waals surface area contributed by atoms with Gasteiger partial charge in [0.05, 0.1) is 10.5 Å². The maximum atomic E-state index is 12.3. The number of anilines is 1. The first-order valence-corrected chi connectivity index (χ1v) is 7.06. The fourth-order valence-corrected chi connectivity index (χ4v) is 2.30. The highest BCUT2D eigenvalue weighted by molar-refractivity contribution is 9.10. The maximum Gasteiger partial charge on any atom is 0.270 e. The molecule has 0 spiro atoms. The number of amides is 1. The Balaban J connectivity index is 1.95. The first-order chi connectivity index (χ1) is 10.5. The molecule has 1 N–H and O–H groups in total. The zero-order valence-corrected chi connectivity index (χ0v) is 12.7. The predicted octanol–water partition coefficient (Wildman–Crippen LogP) is 4.36. The van der Waals surface area contributed by atoms with E-state index in [4.69, 9.17) is 4.42 Å². The van der Waals surface area contributed by atoms with Gasteiger partial charge in [-0.2, -0.15) is 0 Å². The van der Waals surface area contributed by atoms with E-state index in [9.17, 15) is 14.9 Å². The van der Waals surface area contributed by atoms with E-state index in [1.165, 1.54) is 24.5 Å². The Morgan fingerprint density at radius 3 is 2.59 bits per heavy atom. The molecule has 0 aliphatic heterocycles. The molecular formula is C15H9BrN2O4. The number of furan rings is 1. The van der Waals surface area contributed by atoms with Crippen LogP contribution in [0, 0.1) is 10.1 Å². The second-order valence-corrected chi connectivity index (χ2v) is 5.46. The lowest BCUT2D eigenvalue weighted by Gasteiger charge is -2.03. The lowest BCUT2D eigenvalue weighted by Crippen LogP contribution is -2.11. The lowest BCUT2D eigenvalue weighted by atomic mass is 10.1. The number of rotatable bonds is 3. The second kappa shape index (κ2) is 5.61. The molecule has 1 amide bonds. The molecule has 0 saturated carbocycles. The first-order valence-electron chi connectivity index (χ1n) is 6.27. The van der Waals surface area contributed by atoms with Crippen molar-refractivity contribution in [2.75, 3.05) is 5.32 Å². The summed E-state index contributed by atoms with van der Waals surface area (Å²) in [6.07, 6.45) is 1.29. The Bertz CT molecular complexity index is 871. The predicted molar refractivity (Wildman–Crippen MR) is 85.0 cm³/mol. The average molecular weight is 361 g/mol. The van der Waals surface area contributed by atoms with Crippen LogP contribution in [0.25, 0.3) is 11.0 Å². The molecular weight excluding hydrogens is 352 g/mol. The van der Waals surface area contributed by atoms with Gasteiger partial charge in [-0.05, 0) is 30.3 Å². The molecule has 0 bridgehead atoms. The van der Waals surface area contributed by atoms with Crippen LogP contribution >= 0.6 is 15.9 Å². The van der Waals surface area contributed by atoms with Crippen LogP contribution in [-0.2, 0) is 0 Å². The third-order valence-electron chi connectivity index (χ3n) is 3.11. The van der Waals surface area contributed by atoms with Crippen molar-refractivity contribution >= 4 is 44.2 Å². The number of nitrogens with zero attached hydrogens (tertiary/aromatic N) is 1. The molecule has 0 aliphatic rings. The van der Waals surface area contributed by atoms with Gasteiger partial charge in [0, 0.05) is 27.7 Å². The molecule has 1 heterocycles. The summed E-state index contributed by atoms with van der Waals surface area (Å²) in [7, 11) is 0. The molecule has 7 heteroatoms. The maximum absolute atomic E-state index is 12.3. The Morgan fingerprint density at radius 2 is 1.91 bits per heavy atom. The van der Waals surface area contributed by atoms with E-state index in [2.05, 4.69) is 21.2 Å². The van der Waals surface area contributed by atoms with Crippen molar-refractivity contribution in [1.82, 2.24) is 0 Å². The SMILES string of the molecule is O=C(Nc1ccc(Br)cc1)c1coc2ccc([N+](=O)[O-])cc12. The summed E-state index contributed by atoms with van der Waals surface area (Å²) in [6, 6.07) is 11.2. The Hall–Kier alpha value is -2.67. The van der Waals surface area contributed by atoms with Gasteiger partial charge in [0.25, 0.3) is 11.6 Å². The Morgan fingerprint density at radius 1 is 1.18 bits per heavy atom. The van der Waals surface area contributed by atoms with Gasteiger partial charge in [0.15, 0.2) is 0 Å². The first kappa shape index (κ1) is 14.3. The van der Waals surface area contributed by atoms with Gasteiger partial charge in [0.2, 0.25) is 0 Å². The van der Waals surface area contributed by atoms with Crippen molar-refractivity contribution in [3.63, 3.8) is 0 Å². The van der Waals surface area contributed by atoms with Crippen LogP contribution in [0.3, 0.4) is 0 Å². The second-order valence-electron chi connectivity index (χ2n) is 4.55. The zero-order valence-electron chi connectivity index (χ0n) is 11.1. The third kappa shape index (κ3) is 2.71. The summed E-state index contributed by atoms with van der Waals surface area (Å²) in [4.78, 5) is 22.6. The van der Waals surface area contributed by atoms with Gasteiger partial charge in [-0.3, -0.25) is 14.9 Å². The standard InChI is InChI=1S/C15H9BrN2O4/c16-9-1-3-10(4-2-9)17-15(19)13-8-22-14-6-5-11(18(20)21)7-12(13)14/h1-8H,(H,17,19). The molecule has 3 aromatic rings. The number of hydrogen-bond acceptors (Lipinski definition) is 4. The monoisotopic (exact) mass is 360 g/mol. The summed E-state index contributed by atoms with van der Waals surface area (Å²) < 4.78 is 6.17. The topological polar surface area (TPSA) is 85.4 Å². The highest BCUT2D eigenvalue weighted by Crippen LogP contribution is 2.26. The molecule has 0 atom stereocenters. The van der Waals surface area contributed by atoms with Gasteiger partial charge in [-0.1, -0.05) is 15.9 Å². The molecule has 110 valence electrons. The van der Waals surface area contributed by atoms with E-state index < -0.39 is 4.92 Å². The van der Waals surface area contributed by atoms with Crippen molar-refractivity contribution in [1.29, 1.82) is 0 Å². The molecule has 0 radical (unpaired) electrons. The van der Waals surface area contributed by atoms with Crippen LogP contribution in [-0.4, -0.2) is 10.8 Å². The van der Waals surface area contributed by atoms with E-state index in [-0.39, 0.29) is 17.2 Å². The molecule has 3 rings (SSSR count). The van der Waals surface area contributed by atoms with Gasteiger partial charge in [-0.25, -0.2) is 0 Å². The molecule has 0 unspecified atom stereocenters. The van der Waals surface area contributed by atoms with Crippen molar-refractivity contribution in [3.8, 4) is 0 Å². The fraction of sp³-hybridized carbons (Fsp3) is 0. The zero-order chi connectivity index (χ0) is 15.7. The highest BCUT2D eigenvalue weighted by Gasteiger charge is 2.17. The summed E-state index contributed by atoms with van der Waals surface area (Å²) >= 11 is 3.31. The van der Waals surface area contributed by atoms with Crippen molar-refractivity contribution in [3.05, 3.63) is 68.9 Å². The molecule has 1 aromatic heterocycles. The number of fused-ring (bicyclic) bond motifs is 1. The Kier molecular flexibility index (Phi) is 3.64. The molecule has 0 aliphatic carbocycles. The van der Waals surface area contributed by atoms with Gasteiger partial charge < -0.3 is 9.73 Å². The van der Waals surface area contributed by atoms with Gasteiger partial charge in [0.1, 0.15) is 11.8 Å². The van der Waals surface area contributed by atoms with Gasteiger partial charge >= 0.3 is 0 Å². The van der Waals surface area contributed by atoms with E-state index >= 15 is 0 Å². The number of nitro benzene ring substituents is 1. The minimum absolute atomic E-state index is 0.0911. The number of non-ortho nitro benzene ring substituents is 1. The van der Waals surface area contributed by atoms with E-state index in [0.29, 0.717) is 16.7 Å². The van der Waals surface area contributed by atoms with Crippen LogP contribution in [0.2, 0.25) is 0 Å². The highest BCUT2D eigenvalue weighted by atomic mass is 79.9. The van der Waals surface area contributed by atoms with Crippen LogP contribution in [0.5, 0.6) is 0 Å². The largest absolute Gasteiger partial charge is 0.463 e. The molecule has 22 heavy (non-hydrogen) atoms. The number of carbonyl (C=O) groups is 1. The minimum atomic E-state index is -0.511. The summed E-state index contributed by atoms with van der Waals surface area (Å²) in [5, 5.41) is 14.0. The number of nitrogens with one attached hydrogen (secondary N) is 1. The molecule has 0 fully saturated rings. The van der Waals surface area contributed by atoms with Crippen LogP contribution in [0.1, 0.15) is 10.4 Å². The van der Waals surface area contributed by atoms with Crippen LogP contribution in [0.15, 0.2) is 57.6 Å². The summed E-state index contributed by atoms with van der Waals surface area (Å²) in [5.41, 5.74) is 1.20. The molecule has 0 saturated heterocycles. The minimum Gasteiger partial charge on any atom is -0.463 e. The van der Waals surface area contributed by atoms with Crippen molar-refractivity contribution in [2.24, 2.45) is 0 Å². The molecule has 2 aromatic carbocycles. The fourth-order valence-electron chi connectivity index (χ4n) is 2.04. The number of halogens is 1. The average Bonchev–Trinajstić information content (AvgIpc) is 2.92. The van der Waals surface area contributed by atoms with Crippen LogP contribution in [0.4, 0.5) is 11.4 Å². The summed E-state index contributed by atoms with van der Waals surface area (Å²) in [6.45, 7) is 0. The Labute approximate surface area is 133 Å². The smallest absolute Gasteiger partial charge is 0.270 e. The number of carbonyl (C=O) groups excluding carboxylic acids is 1. The van der Waals surface area contributed by atoms with Crippen molar-refractivity contribution in [2.45, 2.75) is 0 Å². The quantitative estimate of drug-likeness (QED) is 0.555. The third-order valence-corrected chi connectivity index (χ3v) is 3.64. The van der Waals surface area contributed by atoms with E-state index in [1.807, 2.05) is 0 Å².